The fourth-order valence-corrected chi connectivity index (χ4v) is 1.88. The minimum atomic E-state index is 0.385. The third kappa shape index (κ3) is 6.93. The molecular formula is C16H34BN. The molecule has 0 heterocycles. The maximum Gasteiger partial charge on any atom is 0.178 e. The zero-order valence-corrected chi connectivity index (χ0v) is 13.9. The first-order valence-electron chi connectivity index (χ1n) is 7.38. The van der Waals surface area contributed by atoms with Gasteiger partial charge in [-0.1, -0.05) is 79.2 Å². The molecule has 0 aromatic rings. The molecule has 0 spiro atoms. The highest BCUT2D eigenvalue weighted by Crippen LogP contribution is 2.34. The summed E-state index contributed by atoms with van der Waals surface area (Å²) in [7, 11) is 1.95. The monoisotopic (exact) mass is 251 g/mol. The van der Waals surface area contributed by atoms with Crippen molar-refractivity contribution in [2.45, 2.75) is 61.1 Å². The first-order chi connectivity index (χ1) is 8.38. The van der Waals surface area contributed by atoms with Crippen LogP contribution in [0.15, 0.2) is 24.3 Å². The van der Waals surface area contributed by atoms with E-state index in [4.69, 9.17) is 0 Å². The van der Waals surface area contributed by atoms with Crippen LogP contribution in [0.5, 0.6) is 0 Å². The van der Waals surface area contributed by atoms with Crippen LogP contribution in [-0.2, 0) is 0 Å². The molecule has 0 rings (SSSR count). The van der Waals surface area contributed by atoms with Gasteiger partial charge in [0.05, 0.1) is 0 Å². The highest BCUT2D eigenvalue weighted by molar-refractivity contribution is 6.67. The second kappa shape index (κ2) is 10.3. The van der Waals surface area contributed by atoms with E-state index in [9.17, 15) is 0 Å². The van der Waals surface area contributed by atoms with Crippen LogP contribution in [-0.4, -0.2) is 13.8 Å². The fraction of sp³-hybridized carbons (Fsp3) is 0.750. The van der Waals surface area contributed by atoms with Crippen molar-refractivity contribution < 1.29 is 0 Å². The predicted octanol–water partition coefficient (Wildman–Crippen LogP) is 5.04. The molecule has 18 heavy (non-hydrogen) atoms. The first-order valence-corrected chi connectivity index (χ1v) is 7.38. The van der Waals surface area contributed by atoms with Gasteiger partial charge >= 0.3 is 0 Å². The van der Waals surface area contributed by atoms with Gasteiger partial charge in [0.1, 0.15) is 0 Å². The zero-order valence-electron chi connectivity index (χ0n) is 13.9. The average molecular weight is 251 g/mol. The van der Waals surface area contributed by atoms with Crippen LogP contribution in [0, 0.1) is 11.3 Å². The third-order valence-electron chi connectivity index (χ3n) is 3.85. The zero-order chi connectivity index (χ0) is 14.8. The van der Waals surface area contributed by atoms with E-state index in [0.29, 0.717) is 18.0 Å². The van der Waals surface area contributed by atoms with Gasteiger partial charge in [-0.2, -0.15) is 0 Å². The Morgan fingerprint density at radius 3 is 2.11 bits per heavy atom. The van der Waals surface area contributed by atoms with Crippen molar-refractivity contribution in [3.05, 3.63) is 24.3 Å². The Balaban J connectivity index is 0. The van der Waals surface area contributed by atoms with Crippen molar-refractivity contribution in [3.63, 3.8) is 0 Å². The molecule has 1 nitrogen and oxygen atoms in total. The fourth-order valence-electron chi connectivity index (χ4n) is 1.88. The van der Waals surface area contributed by atoms with Crippen LogP contribution < -0.4 is 5.32 Å². The van der Waals surface area contributed by atoms with Crippen LogP contribution in [0.3, 0.4) is 0 Å². The van der Waals surface area contributed by atoms with Gasteiger partial charge in [0, 0.05) is 7.05 Å². The van der Waals surface area contributed by atoms with Crippen molar-refractivity contribution in [1.29, 1.82) is 0 Å². The Hall–Kier alpha value is -0.655. The summed E-state index contributed by atoms with van der Waals surface area (Å²) in [5.41, 5.74) is 1.72. The molecule has 0 aromatic carbocycles. The summed E-state index contributed by atoms with van der Waals surface area (Å²) in [5.74, 6) is 0.710. The molecule has 0 radical (unpaired) electrons. The molecule has 0 bridgehead atoms. The van der Waals surface area contributed by atoms with Crippen molar-refractivity contribution in [1.82, 2.24) is 5.32 Å². The van der Waals surface area contributed by atoms with E-state index < -0.39 is 0 Å². The van der Waals surface area contributed by atoms with E-state index in [2.05, 4.69) is 52.7 Å². The highest BCUT2D eigenvalue weighted by atomic mass is 14.8. The van der Waals surface area contributed by atoms with Gasteiger partial charge in [0.2, 0.25) is 0 Å². The number of hydrogen-bond donors (Lipinski definition) is 1. The molecule has 0 amide bonds. The molecule has 0 aromatic heterocycles. The molecule has 0 aliphatic rings. The standard InChI is InChI=1S/C14H28BN.C2H6/c1-8-13(10-16-7)15(9-2)11-14(5,6)12(3)4;1-2/h8,10,12,16H,1,9,11H2,2-7H3;1-2H3/b13-10+;. The molecule has 0 aliphatic carbocycles. The van der Waals surface area contributed by atoms with Gasteiger partial charge in [0.25, 0.3) is 0 Å². The third-order valence-corrected chi connectivity index (χ3v) is 3.85. The van der Waals surface area contributed by atoms with E-state index in [1.807, 2.05) is 27.0 Å². The van der Waals surface area contributed by atoms with Gasteiger partial charge in [0.15, 0.2) is 6.71 Å². The van der Waals surface area contributed by atoms with Gasteiger partial charge in [-0.15, -0.1) is 0 Å². The Morgan fingerprint density at radius 1 is 1.33 bits per heavy atom. The second-order valence-electron chi connectivity index (χ2n) is 5.59. The van der Waals surface area contributed by atoms with Crippen molar-refractivity contribution in [2.24, 2.45) is 11.3 Å². The van der Waals surface area contributed by atoms with Gasteiger partial charge < -0.3 is 5.32 Å². The van der Waals surface area contributed by atoms with Crippen LogP contribution in [0.4, 0.5) is 0 Å². The molecule has 0 atom stereocenters. The largest absolute Gasteiger partial charge is 0.394 e. The molecule has 1 N–H and O–H groups in total. The molecule has 0 aliphatic heterocycles. The van der Waals surface area contributed by atoms with Crippen LogP contribution in [0.1, 0.15) is 48.5 Å². The predicted molar refractivity (Wildman–Crippen MR) is 88.3 cm³/mol. The summed E-state index contributed by atoms with van der Waals surface area (Å²) >= 11 is 0. The minimum Gasteiger partial charge on any atom is -0.394 e. The van der Waals surface area contributed by atoms with E-state index in [1.165, 1.54) is 18.1 Å². The molecule has 0 saturated heterocycles. The van der Waals surface area contributed by atoms with E-state index in [0.717, 1.165) is 0 Å². The lowest BCUT2D eigenvalue weighted by Gasteiger charge is -2.32. The average Bonchev–Trinajstić information content (AvgIpc) is 2.35. The lowest BCUT2D eigenvalue weighted by molar-refractivity contribution is 0.281. The Morgan fingerprint density at radius 2 is 1.83 bits per heavy atom. The van der Waals surface area contributed by atoms with Gasteiger partial charge in [-0.05, 0) is 17.5 Å². The first kappa shape index (κ1) is 19.7. The van der Waals surface area contributed by atoms with E-state index >= 15 is 0 Å². The van der Waals surface area contributed by atoms with Crippen LogP contribution in [0.2, 0.25) is 12.6 Å². The summed E-state index contributed by atoms with van der Waals surface area (Å²) in [4.78, 5) is 0. The van der Waals surface area contributed by atoms with E-state index in [-0.39, 0.29) is 0 Å². The Bertz CT molecular complexity index is 241. The molecule has 0 fully saturated rings. The topological polar surface area (TPSA) is 12.0 Å². The maximum atomic E-state index is 3.92. The normalized spacial score (nSPS) is 11.7. The molecule has 0 saturated carbocycles. The summed E-state index contributed by atoms with van der Waals surface area (Å²) in [6.07, 6.45) is 6.47. The summed E-state index contributed by atoms with van der Waals surface area (Å²) < 4.78 is 0. The van der Waals surface area contributed by atoms with Crippen LogP contribution in [0.25, 0.3) is 0 Å². The highest BCUT2D eigenvalue weighted by Gasteiger charge is 2.28. The molecule has 0 unspecified atom stereocenters. The lowest BCUT2D eigenvalue weighted by atomic mass is 9.36. The quantitative estimate of drug-likeness (QED) is 0.494. The van der Waals surface area contributed by atoms with Gasteiger partial charge in [-0.25, -0.2) is 0 Å². The molecule has 2 heteroatoms. The van der Waals surface area contributed by atoms with Crippen molar-refractivity contribution in [2.75, 3.05) is 7.05 Å². The van der Waals surface area contributed by atoms with Crippen molar-refractivity contribution >= 4 is 6.71 Å². The maximum absolute atomic E-state index is 3.92. The number of hydrogen-bond acceptors (Lipinski definition) is 1. The SMILES string of the molecule is C=C/C(=C\NC)B(CC)CC(C)(C)C(C)C.CC. The lowest BCUT2D eigenvalue weighted by Crippen LogP contribution is -2.28. The van der Waals surface area contributed by atoms with Gasteiger partial charge in [-0.3, -0.25) is 0 Å². The minimum absolute atomic E-state index is 0.385. The van der Waals surface area contributed by atoms with E-state index in [1.54, 1.807) is 0 Å². The summed E-state index contributed by atoms with van der Waals surface area (Å²) in [6.45, 7) is 20.1. The van der Waals surface area contributed by atoms with Crippen LogP contribution >= 0.6 is 0 Å². The number of nitrogens with one attached hydrogen (secondary N) is 1. The second-order valence-corrected chi connectivity index (χ2v) is 5.59. The Kier molecular flexibility index (Phi) is 11.2. The summed E-state index contributed by atoms with van der Waals surface area (Å²) in [6, 6.07) is 0. The number of rotatable bonds is 7. The van der Waals surface area contributed by atoms with Crippen molar-refractivity contribution in [3.8, 4) is 0 Å². The summed E-state index contributed by atoms with van der Waals surface area (Å²) in [5, 5.41) is 3.12. The number of allylic oxidation sites excluding steroid dienone is 2. The Labute approximate surface area is 116 Å². The molecule has 106 valence electrons. The smallest absolute Gasteiger partial charge is 0.178 e. The molecular weight excluding hydrogens is 217 g/mol.